The van der Waals surface area contributed by atoms with Crippen LogP contribution in [0.25, 0.3) is 5.32 Å². The zero-order chi connectivity index (χ0) is 32.0. The SMILES string of the molecule is CCOc1cc(C(F)(F)F)ccc1C1=NC(c2ccc(Cl)cc2)C(c2ccc(Cl)cc2)N1C(=O)O.C[N-]C1CCN(C)CC1. The Morgan fingerprint density at radius 3 is 2.07 bits per heavy atom. The third kappa shape index (κ3) is 8.04. The summed E-state index contributed by atoms with van der Waals surface area (Å²) in [6.45, 7) is 4.16. The monoisotopic (exact) mass is 649 g/mol. The van der Waals surface area contributed by atoms with Crippen molar-refractivity contribution in [1.82, 2.24) is 9.80 Å². The number of ether oxygens (including phenoxy) is 1. The van der Waals surface area contributed by atoms with Crippen LogP contribution in [-0.4, -0.2) is 66.7 Å². The summed E-state index contributed by atoms with van der Waals surface area (Å²) in [4.78, 5) is 20.7. The molecule has 2 unspecified atom stereocenters. The lowest BCUT2D eigenvalue weighted by molar-refractivity contribution is -0.137. The van der Waals surface area contributed by atoms with Gasteiger partial charge in [0.05, 0.1) is 23.8 Å². The van der Waals surface area contributed by atoms with E-state index in [-0.39, 0.29) is 23.8 Å². The molecule has 7 nitrogen and oxygen atoms in total. The lowest BCUT2D eigenvalue weighted by atomic mass is 9.94. The van der Waals surface area contributed by atoms with E-state index in [9.17, 15) is 23.1 Å². The molecule has 1 fully saturated rings. The standard InChI is InChI=1S/C25H19Cl2F3N2O3.C7H15N2/c1-2-35-20-13-16(25(28,29)30)7-12-19(20)23-31-21(14-3-8-17(26)9-4-14)22(32(23)24(33)34)15-5-10-18(27)11-6-15;1-8-7-3-5-9(2)6-4-7/h3-13,21-22H,2H2,1H3,(H,33,34);7H,3-6H2,1-2H3/q;-1. The van der Waals surface area contributed by atoms with E-state index in [0.717, 1.165) is 17.0 Å². The molecule has 0 radical (unpaired) electrons. The molecule has 5 rings (SSSR count). The number of aliphatic imine (C=N–C) groups is 1. The van der Waals surface area contributed by atoms with Gasteiger partial charge in [0.15, 0.2) is 0 Å². The highest BCUT2D eigenvalue weighted by Crippen LogP contribution is 2.45. The van der Waals surface area contributed by atoms with Gasteiger partial charge < -0.3 is 20.1 Å². The summed E-state index contributed by atoms with van der Waals surface area (Å²) in [5.74, 6) is -0.131. The van der Waals surface area contributed by atoms with Crippen molar-refractivity contribution in [3.8, 4) is 5.75 Å². The van der Waals surface area contributed by atoms with Crippen LogP contribution in [0.3, 0.4) is 0 Å². The first-order valence-electron chi connectivity index (χ1n) is 14.2. The van der Waals surface area contributed by atoms with Gasteiger partial charge in [0.1, 0.15) is 17.6 Å². The van der Waals surface area contributed by atoms with E-state index in [1.165, 1.54) is 32.0 Å². The number of nitrogens with zero attached hydrogens (tertiary/aromatic N) is 4. The molecule has 2 aliphatic rings. The fraction of sp³-hybridized carbons (Fsp3) is 0.375. The van der Waals surface area contributed by atoms with Gasteiger partial charge in [-0.2, -0.15) is 20.2 Å². The molecule has 12 heteroatoms. The molecule has 236 valence electrons. The van der Waals surface area contributed by atoms with Gasteiger partial charge in [-0.05, 0) is 80.7 Å². The van der Waals surface area contributed by atoms with Crippen molar-refractivity contribution >= 4 is 35.1 Å². The summed E-state index contributed by atoms with van der Waals surface area (Å²) in [6.07, 6.45) is -3.39. The quantitative estimate of drug-likeness (QED) is 0.290. The van der Waals surface area contributed by atoms with Gasteiger partial charge in [-0.25, -0.2) is 4.79 Å². The van der Waals surface area contributed by atoms with E-state index in [1.54, 1.807) is 55.5 Å². The van der Waals surface area contributed by atoms with E-state index in [0.29, 0.717) is 27.2 Å². The van der Waals surface area contributed by atoms with Gasteiger partial charge in [-0.15, -0.1) is 6.04 Å². The number of amidine groups is 1. The maximum Gasteiger partial charge on any atom is 0.416 e. The molecule has 2 atom stereocenters. The average molecular weight is 651 g/mol. The third-order valence-electron chi connectivity index (χ3n) is 7.60. The number of hydrogen-bond donors (Lipinski definition) is 1. The highest BCUT2D eigenvalue weighted by atomic mass is 35.5. The summed E-state index contributed by atoms with van der Waals surface area (Å²) >= 11 is 12.1. The van der Waals surface area contributed by atoms with Crippen LogP contribution in [0.2, 0.25) is 10.0 Å². The second-order valence-corrected chi connectivity index (χ2v) is 11.4. The zero-order valence-electron chi connectivity index (χ0n) is 24.6. The van der Waals surface area contributed by atoms with Crippen molar-refractivity contribution in [3.63, 3.8) is 0 Å². The molecular weight excluding hydrogens is 616 g/mol. The van der Waals surface area contributed by atoms with E-state index in [2.05, 4.69) is 17.3 Å². The Morgan fingerprint density at radius 2 is 1.57 bits per heavy atom. The molecular formula is C32H34Cl2F3N4O3-. The third-order valence-corrected chi connectivity index (χ3v) is 8.10. The fourth-order valence-electron chi connectivity index (χ4n) is 5.27. The normalized spacial score (nSPS) is 19.3. The van der Waals surface area contributed by atoms with E-state index < -0.39 is 29.9 Å². The Labute approximate surface area is 265 Å². The first-order chi connectivity index (χ1) is 20.9. The zero-order valence-corrected chi connectivity index (χ0v) is 26.1. The molecule has 0 spiro atoms. The summed E-state index contributed by atoms with van der Waals surface area (Å²) < 4.78 is 45.5. The van der Waals surface area contributed by atoms with Crippen molar-refractivity contribution in [1.29, 1.82) is 0 Å². The van der Waals surface area contributed by atoms with Crippen molar-refractivity contribution in [2.24, 2.45) is 4.99 Å². The maximum atomic E-state index is 13.3. The second kappa shape index (κ2) is 14.6. The molecule has 0 aromatic heterocycles. The maximum absolute atomic E-state index is 13.3. The number of halogens is 5. The Morgan fingerprint density at radius 1 is 1.00 bits per heavy atom. The van der Waals surface area contributed by atoms with Crippen LogP contribution < -0.4 is 4.74 Å². The molecule has 1 amide bonds. The number of likely N-dealkylation sites (tertiary alicyclic amines) is 1. The van der Waals surface area contributed by atoms with Gasteiger partial charge in [0.25, 0.3) is 0 Å². The number of carbonyl (C=O) groups is 1. The minimum Gasteiger partial charge on any atom is -0.662 e. The highest BCUT2D eigenvalue weighted by molar-refractivity contribution is 6.30. The molecule has 44 heavy (non-hydrogen) atoms. The lowest BCUT2D eigenvalue weighted by Crippen LogP contribution is -2.37. The average Bonchev–Trinajstić information content (AvgIpc) is 3.39. The number of rotatable bonds is 6. The molecule has 0 bridgehead atoms. The number of benzene rings is 3. The van der Waals surface area contributed by atoms with Crippen LogP contribution in [-0.2, 0) is 6.18 Å². The summed E-state index contributed by atoms with van der Waals surface area (Å²) in [7, 11) is 4.10. The first kappa shape index (κ1) is 33.6. The van der Waals surface area contributed by atoms with Crippen LogP contribution in [0.15, 0.2) is 71.7 Å². The number of amides is 1. The largest absolute Gasteiger partial charge is 0.662 e. The lowest BCUT2D eigenvalue weighted by Gasteiger charge is -2.36. The molecule has 3 aromatic rings. The Bertz CT molecular complexity index is 1440. The van der Waals surface area contributed by atoms with E-state index in [1.807, 2.05) is 7.05 Å². The van der Waals surface area contributed by atoms with Crippen LogP contribution in [0.1, 0.15) is 54.1 Å². The second-order valence-electron chi connectivity index (χ2n) is 10.5. The number of alkyl halides is 3. The van der Waals surface area contributed by atoms with Gasteiger partial charge in [0.2, 0.25) is 0 Å². The smallest absolute Gasteiger partial charge is 0.416 e. The molecule has 2 aliphatic heterocycles. The summed E-state index contributed by atoms with van der Waals surface area (Å²) in [5.41, 5.74) is 0.521. The highest BCUT2D eigenvalue weighted by Gasteiger charge is 2.43. The van der Waals surface area contributed by atoms with Crippen LogP contribution >= 0.6 is 23.2 Å². The molecule has 0 saturated carbocycles. The Hall–Kier alpha value is -3.31. The number of piperidine rings is 1. The van der Waals surface area contributed by atoms with Gasteiger partial charge in [0, 0.05) is 10.0 Å². The number of carboxylic acid groups (broad SMARTS) is 1. The number of hydrogen-bond acceptors (Lipinski definition) is 4. The van der Waals surface area contributed by atoms with Crippen molar-refractivity contribution in [3.05, 3.63) is 104 Å². The molecule has 0 aliphatic carbocycles. The van der Waals surface area contributed by atoms with Crippen molar-refractivity contribution in [2.45, 2.75) is 44.1 Å². The van der Waals surface area contributed by atoms with Gasteiger partial charge in [-0.3, -0.25) is 9.89 Å². The molecule has 1 saturated heterocycles. The van der Waals surface area contributed by atoms with Crippen molar-refractivity contribution < 1.29 is 27.8 Å². The van der Waals surface area contributed by atoms with Gasteiger partial charge >= 0.3 is 12.3 Å². The fourth-order valence-corrected chi connectivity index (χ4v) is 5.52. The minimum atomic E-state index is -4.59. The van der Waals surface area contributed by atoms with E-state index in [4.69, 9.17) is 32.9 Å². The predicted molar refractivity (Wildman–Crippen MR) is 167 cm³/mol. The Balaban J connectivity index is 0.000000421. The first-order valence-corrected chi connectivity index (χ1v) is 14.9. The van der Waals surface area contributed by atoms with Crippen molar-refractivity contribution in [2.75, 3.05) is 33.8 Å². The van der Waals surface area contributed by atoms with Gasteiger partial charge in [-0.1, -0.05) is 60.3 Å². The minimum absolute atomic E-state index is 0.0189. The van der Waals surface area contributed by atoms with Crippen LogP contribution in [0, 0.1) is 0 Å². The summed E-state index contributed by atoms with van der Waals surface area (Å²) in [6, 6.07) is 15.5. The van der Waals surface area contributed by atoms with Crippen LogP contribution in [0.4, 0.5) is 18.0 Å². The Kier molecular flexibility index (Phi) is 11.2. The predicted octanol–water partition coefficient (Wildman–Crippen LogP) is 8.72. The van der Waals surface area contributed by atoms with E-state index >= 15 is 0 Å². The summed E-state index contributed by atoms with van der Waals surface area (Å²) in [5, 5.41) is 15.4. The van der Waals surface area contributed by atoms with Crippen LogP contribution in [0.5, 0.6) is 5.75 Å². The topological polar surface area (TPSA) is 79.5 Å². The molecule has 1 N–H and O–H groups in total. The molecule has 2 heterocycles. The molecule has 3 aromatic carbocycles.